The van der Waals surface area contributed by atoms with E-state index in [0.717, 1.165) is 12.8 Å². The third-order valence-electron chi connectivity index (χ3n) is 1.44. The number of aromatic amines is 1. The van der Waals surface area contributed by atoms with E-state index in [-0.39, 0.29) is 0 Å². The number of aromatic nitrogens is 2. The van der Waals surface area contributed by atoms with Crippen molar-refractivity contribution < 1.29 is 4.42 Å². The third kappa shape index (κ3) is 3.73. The highest BCUT2D eigenvalue weighted by atomic mass is 32.1. The number of nitrogens with one attached hydrogen (secondary N) is 1. The first-order valence-electron chi connectivity index (χ1n) is 3.88. The maximum absolute atomic E-state index is 7.99. The van der Waals surface area contributed by atoms with Crippen LogP contribution in [-0.4, -0.2) is 16.7 Å². The Balaban J connectivity index is 2.20. The first kappa shape index (κ1) is 9.76. The van der Waals surface area contributed by atoms with Crippen molar-refractivity contribution in [2.75, 3.05) is 6.54 Å². The van der Waals surface area contributed by atoms with Gasteiger partial charge in [-0.15, -0.1) is 5.10 Å². The summed E-state index contributed by atoms with van der Waals surface area (Å²) in [5, 5.41) is 9.78. The van der Waals surface area contributed by atoms with Crippen LogP contribution in [0.1, 0.15) is 18.7 Å². The summed E-state index contributed by atoms with van der Waals surface area (Å²) in [6.45, 7) is 0.516. The molecule has 1 rings (SSSR count). The molecule has 0 bridgehead atoms. The lowest BCUT2D eigenvalue weighted by molar-refractivity contribution is 0.471. The molecule has 7 heteroatoms. The van der Waals surface area contributed by atoms with Crippen LogP contribution in [-0.2, 0) is 6.42 Å². The van der Waals surface area contributed by atoms with E-state index in [0.29, 0.717) is 23.7 Å². The predicted octanol–water partition coefficient (Wildman–Crippen LogP) is 2.37. The van der Waals surface area contributed by atoms with E-state index in [9.17, 15) is 0 Å². The Morgan fingerprint density at radius 2 is 2.46 bits per heavy atom. The highest BCUT2D eigenvalue weighted by Crippen LogP contribution is 2.01. The molecular weight excluding hydrogens is 190 g/mol. The van der Waals surface area contributed by atoms with Gasteiger partial charge in [-0.1, -0.05) is 5.11 Å². The van der Waals surface area contributed by atoms with E-state index in [2.05, 4.69) is 20.2 Å². The van der Waals surface area contributed by atoms with Crippen LogP contribution < -0.4 is 0 Å². The van der Waals surface area contributed by atoms with E-state index in [1.165, 1.54) is 0 Å². The molecule has 0 aromatic carbocycles. The average molecular weight is 199 g/mol. The Hall–Kier alpha value is -1.33. The van der Waals surface area contributed by atoms with Crippen LogP contribution in [0.5, 0.6) is 0 Å². The van der Waals surface area contributed by atoms with Crippen molar-refractivity contribution in [2.24, 2.45) is 5.11 Å². The molecule has 0 unspecified atom stereocenters. The number of unbranched alkanes of at least 4 members (excludes halogenated alkanes) is 1. The Bertz CT molecular complexity index is 350. The van der Waals surface area contributed by atoms with Gasteiger partial charge in [0.05, 0.1) is 0 Å². The molecule has 0 spiro atoms. The number of rotatable bonds is 5. The molecule has 0 saturated heterocycles. The summed E-state index contributed by atoms with van der Waals surface area (Å²) < 4.78 is 5.03. The highest BCUT2D eigenvalue weighted by molar-refractivity contribution is 7.71. The molecule has 6 nitrogen and oxygen atoms in total. The molecule has 0 atom stereocenters. The molecule has 1 N–H and O–H groups in total. The van der Waals surface area contributed by atoms with E-state index < -0.39 is 0 Å². The van der Waals surface area contributed by atoms with Gasteiger partial charge in [-0.3, -0.25) is 0 Å². The monoisotopic (exact) mass is 199 g/mol. The molecule has 0 aliphatic carbocycles. The molecule has 0 aliphatic rings. The highest BCUT2D eigenvalue weighted by Gasteiger charge is 1.97. The van der Waals surface area contributed by atoms with Gasteiger partial charge < -0.3 is 4.42 Å². The van der Waals surface area contributed by atoms with Crippen LogP contribution in [0.3, 0.4) is 0 Å². The van der Waals surface area contributed by atoms with Gasteiger partial charge in [-0.2, -0.15) is 0 Å². The molecular formula is C6H9N5OS. The first-order chi connectivity index (χ1) is 6.33. The van der Waals surface area contributed by atoms with Crippen molar-refractivity contribution in [3.05, 3.63) is 21.2 Å². The number of hydrogen-bond donors (Lipinski definition) is 1. The lowest BCUT2D eigenvalue weighted by Crippen LogP contribution is -1.87. The number of aryl methyl sites for hydroxylation is 1. The second kappa shape index (κ2) is 5.34. The SMILES string of the molecule is [N-]=[N+]=NCCCCc1n[nH]c(=S)o1. The molecule has 70 valence electrons. The zero-order chi connectivity index (χ0) is 9.52. The van der Waals surface area contributed by atoms with Gasteiger partial charge in [0.1, 0.15) is 0 Å². The lowest BCUT2D eigenvalue weighted by Gasteiger charge is -1.91. The standard InChI is InChI=1S/C6H9N5OS/c7-11-8-4-2-1-3-5-9-10-6(13)12-5/h1-4H2,(H,10,13). The van der Waals surface area contributed by atoms with Crippen molar-refractivity contribution in [3.63, 3.8) is 0 Å². The third-order valence-corrected chi connectivity index (χ3v) is 1.62. The fourth-order valence-corrected chi connectivity index (χ4v) is 1.01. The molecule has 0 amide bonds. The fourth-order valence-electron chi connectivity index (χ4n) is 0.871. The van der Waals surface area contributed by atoms with E-state index in [1.807, 2.05) is 0 Å². The summed E-state index contributed by atoms with van der Waals surface area (Å²) in [4.78, 5) is 2.94. The first-order valence-corrected chi connectivity index (χ1v) is 4.29. The van der Waals surface area contributed by atoms with Crippen LogP contribution in [0.25, 0.3) is 10.4 Å². The zero-order valence-electron chi connectivity index (χ0n) is 6.93. The molecule has 0 fully saturated rings. The van der Waals surface area contributed by atoms with Crippen molar-refractivity contribution in [1.29, 1.82) is 0 Å². The molecule has 1 aromatic heterocycles. The van der Waals surface area contributed by atoms with Crippen molar-refractivity contribution in [1.82, 2.24) is 10.2 Å². The predicted molar refractivity (Wildman–Crippen MR) is 48.6 cm³/mol. The fraction of sp³-hybridized carbons (Fsp3) is 0.667. The topological polar surface area (TPSA) is 90.6 Å². The molecule has 1 aromatic rings. The normalized spacial score (nSPS) is 9.54. The maximum atomic E-state index is 7.99. The largest absolute Gasteiger partial charge is 0.414 e. The van der Waals surface area contributed by atoms with Crippen molar-refractivity contribution >= 4 is 12.2 Å². The van der Waals surface area contributed by atoms with Crippen LogP contribution >= 0.6 is 12.2 Å². The molecule has 0 saturated carbocycles. The smallest absolute Gasteiger partial charge is 0.284 e. The number of hydrogen-bond acceptors (Lipinski definition) is 4. The minimum Gasteiger partial charge on any atom is -0.414 e. The van der Waals surface area contributed by atoms with Crippen molar-refractivity contribution in [2.45, 2.75) is 19.3 Å². The summed E-state index contributed by atoms with van der Waals surface area (Å²) >= 11 is 4.70. The van der Waals surface area contributed by atoms with Gasteiger partial charge in [0, 0.05) is 17.9 Å². The van der Waals surface area contributed by atoms with Crippen molar-refractivity contribution in [3.8, 4) is 0 Å². The summed E-state index contributed by atoms with van der Waals surface area (Å²) in [6, 6.07) is 0. The number of nitrogens with zero attached hydrogens (tertiary/aromatic N) is 4. The molecule has 13 heavy (non-hydrogen) atoms. The molecule has 1 heterocycles. The van der Waals surface area contributed by atoms with Gasteiger partial charge >= 0.3 is 0 Å². The van der Waals surface area contributed by atoms with Gasteiger partial charge in [-0.05, 0) is 30.6 Å². The Morgan fingerprint density at radius 1 is 1.62 bits per heavy atom. The van der Waals surface area contributed by atoms with Gasteiger partial charge in [0.25, 0.3) is 4.84 Å². The molecule has 0 aliphatic heterocycles. The summed E-state index contributed by atoms with van der Waals surface area (Å²) in [5.41, 5.74) is 7.99. The van der Waals surface area contributed by atoms with Crippen LogP contribution in [0.2, 0.25) is 0 Å². The number of H-pyrrole nitrogens is 1. The van der Waals surface area contributed by atoms with Gasteiger partial charge in [0.2, 0.25) is 5.89 Å². The maximum Gasteiger partial charge on any atom is 0.284 e. The lowest BCUT2D eigenvalue weighted by atomic mass is 10.2. The Labute approximate surface area is 79.6 Å². The second-order valence-electron chi connectivity index (χ2n) is 2.42. The minimum absolute atomic E-state index is 0.296. The zero-order valence-corrected chi connectivity index (χ0v) is 7.75. The van der Waals surface area contributed by atoms with Crippen LogP contribution in [0, 0.1) is 4.84 Å². The quantitative estimate of drug-likeness (QED) is 0.259. The summed E-state index contributed by atoms with van der Waals surface area (Å²) in [5.74, 6) is 0.603. The van der Waals surface area contributed by atoms with Crippen LogP contribution in [0.15, 0.2) is 9.53 Å². The van der Waals surface area contributed by atoms with E-state index in [1.54, 1.807) is 0 Å². The average Bonchev–Trinajstić information content (AvgIpc) is 2.51. The summed E-state index contributed by atoms with van der Waals surface area (Å²) in [7, 11) is 0. The Morgan fingerprint density at radius 3 is 3.08 bits per heavy atom. The summed E-state index contributed by atoms with van der Waals surface area (Å²) in [6.07, 6.45) is 2.43. The van der Waals surface area contributed by atoms with Gasteiger partial charge in [-0.25, -0.2) is 5.10 Å². The molecule has 0 radical (unpaired) electrons. The number of azide groups is 1. The Kier molecular flexibility index (Phi) is 4.01. The van der Waals surface area contributed by atoms with Crippen LogP contribution in [0.4, 0.5) is 0 Å². The second-order valence-corrected chi connectivity index (χ2v) is 2.79. The van der Waals surface area contributed by atoms with Gasteiger partial charge in [0.15, 0.2) is 0 Å². The minimum atomic E-state index is 0.296. The van der Waals surface area contributed by atoms with E-state index >= 15 is 0 Å². The van der Waals surface area contributed by atoms with E-state index in [4.69, 9.17) is 22.2 Å².